The van der Waals surface area contributed by atoms with Gasteiger partial charge >= 0.3 is 6.09 Å². The molecule has 0 bridgehead atoms. The molecule has 2 heterocycles. The van der Waals surface area contributed by atoms with E-state index < -0.39 is 16.4 Å². The first-order valence-electron chi connectivity index (χ1n) is 7.13. The van der Waals surface area contributed by atoms with Crippen molar-refractivity contribution in [1.82, 2.24) is 15.1 Å². The number of rotatable bonds is 3. The zero-order valence-corrected chi connectivity index (χ0v) is 14.5. The summed E-state index contributed by atoms with van der Waals surface area (Å²) in [5.74, 6) is 0.329. The van der Waals surface area contributed by atoms with Crippen LogP contribution in [0.4, 0.5) is 4.79 Å². The van der Waals surface area contributed by atoms with Crippen LogP contribution in [-0.2, 0) is 15.5 Å². The summed E-state index contributed by atoms with van der Waals surface area (Å²) in [7, 11) is -1.32. The molecule has 0 N–H and O–H groups in total. The molecule has 1 aliphatic heterocycles. The Morgan fingerprint density at radius 3 is 2.77 bits per heavy atom. The van der Waals surface area contributed by atoms with E-state index in [4.69, 9.17) is 16.3 Å². The van der Waals surface area contributed by atoms with Crippen molar-refractivity contribution in [2.45, 2.75) is 50.3 Å². The predicted octanol–water partition coefficient (Wildman–Crippen LogP) is 2.64. The van der Waals surface area contributed by atoms with Crippen LogP contribution in [0.1, 0.15) is 33.6 Å². The lowest BCUT2D eigenvalue weighted by atomic mass is 10.2. The van der Waals surface area contributed by atoms with Crippen LogP contribution in [0, 0.1) is 0 Å². The van der Waals surface area contributed by atoms with Crippen molar-refractivity contribution in [2.24, 2.45) is 0 Å². The fourth-order valence-corrected chi connectivity index (χ4v) is 3.57. The minimum Gasteiger partial charge on any atom is -0.444 e. The molecule has 2 atom stereocenters. The molecule has 0 spiro atoms. The Morgan fingerprint density at radius 2 is 2.18 bits per heavy atom. The van der Waals surface area contributed by atoms with Crippen LogP contribution < -0.4 is 0 Å². The van der Waals surface area contributed by atoms with Crippen LogP contribution in [0.3, 0.4) is 0 Å². The number of ether oxygens (including phenoxy) is 1. The topological polar surface area (TPSA) is 72.4 Å². The molecule has 1 fully saturated rings. The van der Waals surface area contributed by atoms with Gasteiger partial charge in [0.25, 0.3) is 0 Å². The summed E-state index contributed by atoms with van der Waals surface area (Å²) < 4.78 is 17.7. The maximum Gasteiger partial charge on any atom is 0.410 e. The summed E-state index contributed by atoms with van der Waals surface area (Å²) >= 11 is 5.67. The minimum absolute atomic E-state index is 0.104. The normalized spacial score (nSPS) is 20.0. The molecule has 22 heavy (non-hydrogen) atoms. The van der Waals surface area contributed by atoms with Crippen LogP contribution in [0.2, 0.25) is 5.15 Å². The molecule has 1 aromatic heterocycles. The molecule has 2 rings (SSSR count). The van der Waals surface area contributed by atoms with Crippen molar-refractivity contribution in [3.8, 4) is 0 Å². The van der Waals surface area contributed by atoms with Crippen molar-refractivity contribution in [3.63, 3.8) is 0 Å². The lowest BCUT2D eigenvalue weighted by Crippen LogP contribution is -2.42. The van der Waals surface area contributed by atoms with Crippen LogP contribution >= 0.6 is 11.6 Å². The van der Waals surface area contributed by atoms with Gasteiger partial charge in [0.05, 0.1) is 16.6 Å². The summed E-state index contributed by atoms with van der Waals surface area (Å²) in [6.07, 6.45) is 1.34. The number of aromatic nitrogens is 2. The number of nitrogens with zero attached hydrogens (tertiary/aromatic N) is 3. The SMILES string of the molecule is CC(C)(C)OC(=O)N1CCCC1CS(=O)c1ccc(Cl)nn1. The Morgan fingerprint density at radius 1 is 1.45 bits per heavy atom. The van der Waals surface area contributed by atoms with Gasteiger partial charge in [0, 0.05) is 12.6 Å². The van der Waals surface area contributed by atoms with Gasteiger partial charge < -0.3 is 9.64 Å². The molecule has 2 unspecified atom stereocenters. The fraction of sp³-hybridized carbons (Fsp3) is 0.643. The van der Waals surface area contributed by atoms with Gasteiger partial charge in [0.2, 0.25) is 0 Å². The van der Waals surface area contributed by atoms with E-state index in [1.165, 1.54) is 0 Å². The van der Waals surface area contributed by atoms with Crippen molar-refractivity contribution >= 4 is 28.5 Å². The Hall–Kier alpha value is -1.21. The first-order chi connectivity index (χ1) is 10.3. The van der Waals surface area contributed by atoms with Gasteiger partial charge in [-0.25, -0.2) is 4.79 Å². The summed E-state index contributed by atoms with van der Waals surface area (Å²) in [4.78, 5) is 13.9. The largest absolute Gasteiger partial charge is 0.444 e. The number of hydrogen-bond donors (Lipinski definition) is 0. The zero-order chi connectivity index (χ0) is 16.3. The quantitative estimate of drug-likeness (QED) is 0.842. The van der Waals surface area contributed by atoms with E-state index in [-0.39, 0.29) is 17.3 Å². The van der Waals surface area contributed by atoms with Crippen molar-refractivity contribution in [2.75, 3.05) is 12.3 Å². The molecule has 6 nitrogen and oxygen atoms in total. The van der Waals surface area contributed by atoms with Crippen LogP contribution in [0.25, 0.3) is 0 Å². The van der Waals surface area contributed by atoms with E-state index in [0.717, 1.165) is 12.8 Å². The predicted molar refractivity (Wildman–Crippen MR) is 84.3 cm³/mol. The van der Waals surface area contributed by atoms with E-state index in [1.807, 2.05) is 20.8 Å². The smallest absolute Gasteiger partial charge is 0.410 e. The Labute approximate surface area is 137 Å². The maximum absolute atomic E-state index is 12.4. The summed E-state index contributed by atoms with van der Waals surface area (Å²) in [5.41, 5.74) is -0.537. The third-order valence-corrected chi connectivity index (χ3v) is 4.76. The molecule has 0 aliphatic carbocycles. The number of amides is 1. The van der Waals surface area contributed by atoms with Crippen molar-refractivity contribution in [3.05, 3.63) is 17.3 Å². The second-order valence-electron chi connectivity index (χ2n) is 6.18. The van der Waals surface area contributed by atoms with Crippen LogP contribution in [0.15, 0.2) is 17.2 Å². The summed E-state index contributed by atoms with van der Waals surface area (Å²) in [6.45, 7) is 6.12. The molecule has 1 aromatic rings. The van der Waals surface area contributed by atoms with Crippen molar-refractivity contribution in [1.29, 1.82) is 0 Å². The molecular weight excluding hydrogens is 326 g/mol. The third-order valence-electron chi connectivity index (χ3n) is 3.19. The minimum atomic E-state index is -1.32. The molecule has 0 aromatic carbocycles. The highest BCUT2D eigenvalue weighted by atomic mass is 35.5. The second-order valence-corrected chi connectivity index (χ2v) is 8.01. The average molecular weight is 346 g/mol. The Kier molecular flexibility index (Phi) is 5.39. The second kappa shape index (κ2) is 6.91. The first kappa shape index (κ1) is 17.1. The van der Waals surface area contributed by atoms with E-state index in [0.29, 0.717) is 17.3 Å². The molecular formula is C14H20ClN3O3S. The highest BCUT2D eigenvalue weighted by Gasteiger charge is 2.33. The average Bonchev–Trinajstić information content (AvgIpc) is 2.85. The standard InChI is InChI=1S/C14H20ClN3O3S/c1-14(2,3)21-13(19)18-8-4-5-10(18)9-22(20)12-7-6-11(15)16-17-12/h6-7,10H,4-5,8-9H2,1-3H3. The highest BCUT2D eigenvalue weighted by Crippen LogP contribution is 2.22. The molecule has 1 aliphatic rings. The molecule has 8 heteroatoms. The van der Waals surface area contributed by atoms with E-state index in [2.05, 4.69) is 10.2 Å². The van der Waals surface area contributed by atoms with Crippen molar-refractivity contribution < 1.29 is 13.7 Å². The summed E-state index contributed by atoms with van der Waals surface area (Å²) in [5, 5.41) is 8.16. The summed E-state index contributed by atoms with van der Waals surface area (Å²) in [6, 6.07) is 3.05. The monoisotopic (exact) mass is 345 g/mol. The lowest BCUT2D eigenvalue weighted by Gasteiger charge is -2.28. The molecule has 1 amide bonds. The molecule has 0 saturated carbocycles. The lowest BCUT2D eigenvalue weighted by molar-refractivity contribution is 0.0241. The number of hydrogen-bond acceptors (Lipinski definition) is 5. The van der Waals surface area contributed by atoms with Gasteiger partial charge in [-0.3, -0.25) is 4.21 Å². The molecule has 122 valence electrons. The molecule has 0 radical (unpaired) electrons. The van der Waals surface area contributed by atoms with Gasteiger partial charge in [-0.2, -0.15) is 0 Å². The number of carbonyl (C=O) groups is 1. The third kappa shape index (κ3) is 4.64. The van der Waals surface area contributed by atoms with Gasteiger partial charge in [0.1, 0.15) is 10.6 Å². The number of halogens is 1. The van der Waals surface area contributed by atoms with E-state index in [1.54, 1.807) is 17.0 Å². The van der Waals surface area contributed by atoms with Gasteiger partial charge in [-0.1, -0.05) is 11.6 Å². The Bertz CT molecular complexity index is 559. The Balaban J connectivity index is 2.00. The highest BCUT2D eigenvalue weighted by molar-refractivity contribution is 7.85. The van der Waals surface area contributed by atoms with E-state index >= 15 is 0 Å². The number of likely N-dealkylation sites (tertiary alicyclic amines) is 1. The van der Waals surface area contributed by atoms with Gasteiger partial charge in [-0.15, -0.1) is 10.2 Å². The van der Waals surface area contributed by atoms with Gasteiger partial charge in [-0.05, 0) is 45.7 Å². The zero-order valence-electron chi connectivity index (χ0n) is 12.9. The van der Waals surface area contributed by atoms with Crippen LogP contribution in [0.5, 0.6) is 0 Å². The van der Waals surface area contributed by atoms with Crippen LogP contribution in [-0.4, -0.2) is 49.3 Å². The molecule has 1 saturated heterocycles. The first-order valence-corrected chi connectivity index (χ1v) is 8.83. The maximum atomic E-state index is 12.4. The number of carbonyl (C=O) groups excluding carboxylic acids is 1. The fourth-order valence-electron chi connectivity index (χ4n) is 2.26. The van der Waals surface area contributed by atoms with Gasteiger partial charge in [0.15, 0.2) is 5.15 Å². The van der Waals surface area contributed by atoms with E-state index in [9.17, 15) is 9.00 Å².